The zero-order valence-corrected chi connectivity index (χ0v) is 19.9. The van der Waals surface area contributed by atoms with E-state index in [1.54, 1.807) is 30.9 Å². The number of methoxy groups -OCH3 is 2. The summed E-state index contributed by atoms with van der Waals surface area (Å²) < 4.78 is 10.6. The molecule has 1 amide bonds. The molecule has 0 spiro atoms. The topological polar surface area (TPSA) is 54.4 Å². The first kappa shape index (κ1) is 21.5. The zero-order chi connectivity index (χ0) is 22.9. The fourth-order valence-corrected chi connectivity index (χ4v) is 5.93. The largest absolute Gasteiger partial charge is 0.497 e. The second-order valence-corrected chi connectivity index (χ2v) is 9.31. The number of thioether (sulfide) groups is 2. The first-order chi connectivity index (χ1) is 16.1. The monoisotopic (exact) mass is 475 g/mol. The van der Waals surface area contributed by atoms with Crippen LogP contribution in [0, 0.1) is 0 Å². The van der Waals surface area contributed by atoms with Crippen LogP contribution in [0.5, 0.6) is 11.5 Å². The molecule has 8 heteroatoms. The predicted molar refractivity (Wildman–Crippen MR) is 136 cm³/mol. The van der Waals surface area contributed by atoms with Gasteiger partial charge in [0.15, 0.2) is 5.17 Å². The average Bonchev–Trinajstić information content (AvgIpc) is 3.35. The van der Waals surface area contributed by atoms with Crippen LogP contribution in [0.4, 0.5) is 17.1 Å². The molecule has 1 fully saturated rings. The van der Waals surface area contributed by atoms with Gasteiger partial charge in [-0.2, -0.15) is 0 Å². The summed E-state index contributed by atoms with van der Waals surface area (Å²) in [5.41, 5.74) is 2.54. The van der Waals surface area contributed by atoms with Crippen LogP contribution < -0.4 is 19.3 Å². The quantitative estimate of drug-likeness (QED) is 0.439. The van der Waals surface area contributed by atoms with E-state index in [0.29, 0.717) is 10.1 Å². The molecule has 33 heavy (non-hydrogen) atoms. The molecular weight excluding hydrogens is 454 g/mol. The number of ether oxygens (including phenoxy) is 2. The number of hydrogen-bond acceptors (Lipinski definition) is 7. The summed E-state index contributed by atoms with van der Waals surface area (Å²) in [6.07, 6.45) is 0. The Hall–Kier alpha value is -3.36. The van der Waals surface area contributed by atoms with E-state index in [9.17, 15) is 4.79 Å². The first-order valence-corrected chi connectivity index (χ1v) is 11.9. The zero-order valence-electron chi connectivity index (χ0n) is 18.3. The maximum Gasteiger partial charge on any atom is 0.274 e. The highest BCUT2D eigenvalue weighted by Crippen LogP contribution is 2.51. The molecule has 0 aliphatic carbocycles. The third-order valence-electron chi connectivity index (χ3n) is 5.33. The van der Waals surface area contributed by atoms with Crippen LogP contribution in [0.25, 0.3) is 0 Å². The van der Waals surface area contributed by atoms with Crippen molar-refractivity contribution in [3.63, 3.8) is 0 Å². The summed E-state index contributed by atoms with van der Waals surface area (Å²) in [7, 11) is 5.25. The number of carbonyl (C=O) groups excluding carboxylic acids is 1. The van der Waals surface area contributed by atoms with Gasteiger partial charge in [-0.1, -0.05) is 30.0 Å². The van der Waals surface area contributed by atoms with Gasteiger partial charge in [0.05, 0.1) is 36.3 Å². The van der Waals surface area contributed by atoms with Crippen molar-refractivity contribution < 1.29 is 14.3 Å². The lowest BCUT2D eigenvalue weighted by atomic mass is 10.2. The van der Waals surface area contributed by atoms with Crippen molar-refractivity contribution >= 4 is 51.7 Å². The van der Waals surface area contributed by atoms with Crippen LogP contribution >= 0.6 is 23.5 Å². The summed E-state index contributed by atoms with van der Waals surface area (Å²) in [4.78, 5) is 24.0. The van der Waals surface area contributed by atoms with Crippen molar-refractivity contribution in [2.24, 2.45) is 4.99 Å². The number of rotatable bonds is 4. The highest BCUT2D eigenvalue weighted by atomic mass is 32.2. The molecule has 1 saturated heterocycles. The summed E-state index contributed by atoms with van der Waals surface area (Å²) >= 11 is 2.97. The van der Waals surface area contributed by atoms with E-state index in [0.717, 1.165) is 38.5 Å². The molecular formula is C25H21N3O3S2. The Morgan fingerprint density at radius 2 is 1.55 bits per heavy atom. The summed E-state index contributed by atoms with van der Waals surface area (Å²) in [6, 6.07) is 23.0. The second-order valence-electron chi connectivity index (χ2n) is 7.30. The molecule has 0 bridgehead atoms. The van der Waals surface area contributed by atoms with Gasteiger partial charge in [-0.15, -0.1) is 0 Å². The minimum atomic E-state index is -0.0902. The molecule has 3 aromatic rings. The molecule has 2 aliphatic heterocycles. The molecule has 0 saturated carbocycles. The SMILES string of the molecule is COc1ccc(N=C2SC(=C3Sc4ccc(OC)cc4N3C)C(=O)N2c2ccccc2)cc1. The Morgan fingerprint density at radius 1 is 0.848 bits per heavy atom. The first-order valence-electron chi connectivity index (χ1n) is 10.2. The van der Waals surface area contributed by atoms with Crippen LogP contribution in [-0.2, 0) is 4.79 Å². The van der Waals surface area contributed by atoms with Gasteiger partial charge in [-0.25, -0.2) is 4.99 Å². The lowest BCUT2D eigenvalue weighted by molar-refractivity contribution is -0.113. The van der Waals surface area contributed by atoms with Crippen molar-refractivity contribution in [3.8, 4) is 11.5 Å². The molecule has 0 unspecified atom stereocenters. The Morgan fingerprint density at radius 3 is 2.24 bits per heavy atom. The summed E-state index contributed by atoms with van der Waals surface area (Å²) in [5.74, 6) is 1.45. The minimum absolute atomic E-state index is 0.0902. The minimum Gasteiger partial charge on any atom is -0.497 e. The highest BCUT2D eigenvalue weighted by Gasteiger charge is 2.40. The molecule has 2 aliphatic rings. The van der Waals surface area contributed by atoms with E-state index in [-0.39, 0.29) is 5.91 Å². The van der Waals surface area contributed by atoms with Crippen LogP contribution in [0.3, 0.4) is 0 Å². The number of amidine groups is 1. The van der Waals surface area contributed by atoms with Crippen molar-refractivity contribution in [2.75, 3.05) is 31.1 Å². The number of fused-ring (bicyclic) bond motifs is 1. The van der Waals surface area contributed by atoms with Crippen molar-refractivity contribution in [1.29, 1.82) is 0 Å². The number of benzene rings is 3. The fraction of sp³-hybridized carbons (Fsp3) is 0.120. The van der Waals surface area contributed by atoms with Gasteiger partial charge >= 0.3 is 0 Å². The number of carbonyl (C=O) groups is 1. The average molecular weight is 476 g/mol. The van der Waals surface area contributed by atoms with Gasteiger partial charge in [0.25, 0.3) is 5.91 Å². The fourth-order valence-electron chi connectivity index (χ4n) is 3.60. The van der Waals surface area contributed by atoms with Crippen LogP contribution in [0.1, 0.15) is 0 Å². The van der Waals surface area contributed by atoms with E-state index in [1.807, 2.05) is 84.7 Å². The number of amides is 1. The molecule has 0 N–H and O–H groups in total. The van der Waals surface area contributed by atoms with E-state index >= 15 is 0 Å². The normalized spacial score (nSPS) is 18.8. The van der Waals surface area contributed by atoms with Gasteiger partial charge in [-0.3, -0.25) is 9.69 Å². The smallest absolute Gasteiger partial charge is 0.274 e. The second kappa shape index (κ2) is 8.88. The number of nitrogens with zero attached hydrogens (tertiary/aromatic N) is 3. The third-order valence-corrected chi connectivity index (χ3v) is 7.72. The predicted octanol–water partition coefficient (Wildman–Crippen LogP) is 5.88. The Bertz CT molecular complexity index is 1270. The highest BCUT2D eigenvalue weighted by molar-refractivity contribution is 8.20. The molecule has 6 nitrogen and oxygen atoms in total. The van der Waals surface area contributed by atoms with Crippen LogP contribution in [0.15, 0.2) is 92.6 Å². The van der Waals surface area contributed by atoms with Gasteiger partial charge < -0.3 is 14.4 Å². The molecule has 0 atom stereocenters. The maximum absolute atomic E-state index is 13.7. The van der Waals surface area contributed by atoms with Gasteiger partial charge in [0.2, 0.25) is 0 Å². The summed E-state index contributed by atoms with van der Waals surface area (Å²) in [6.45, 7) is 0. The number of aliphatic imine (C=N–C) groups is 1. The number of anilines is 2. The number of para-hydroxylation sites is 1. The van der Waals surface area contributed by atoms with Crippen LogP contribution in [0.2, 0.25) is 0 Å². The number of hydrogen-bond donors (Lipinski definition) is 0. The Kier molecular flexibility index (Phi) is 5.78. The van der Waals surface area contributed by atoms with Crippen LogP contribution in [-0.4, -0.2) is 32.3 Å². The van der Waals surface area contributed by atoms with Crippen molar-refractivity contribution in [3.05, 3.63) is 82.7 Å². The Balaban J connectivity index is 1.57. The third kappa shape index (κ3) is 3.96. The van der Waals surface area contributed by atoms with E-state index in [4.69, 9.17) is 14.5 Å². The summed E-state index contributed by atoms with van der Waals surface area (Å²) in [5, 5.41) is 1.50. The van der Waals surface area contributed by atoms with Crippen molar-refractivity contribution in [2.45, 2.75) is 4.90 Å². The van der Waals surface area contributed by atoms with E-state index in [2.05, 4.69) is 0 Å². The molecule has 2 heterocycles. The molecule has 3 aromatic carbocycles. The van der Waals surface area contributed by atoms with E-state index in [1.165, 1.54) is 11.8 Å². The maximum atomic E-state index is 13.7. The van der Waals surface area contributed by atoms with Crippen molar-refractivity contribution in [1.82, 2.24) is 0 Å². The molecule has 166 valence electrons. The molecule has 0 aromatic heterocycles. The lowest BCUT2D eigenvalue weighted by Crippen LogP contribution is -2.29. The molecule has 5 rings (SSSR count). The van der Waals surface area contributed by atoms with Gasteiger partial charge in [0, 0.05) is 18.0 Å². The Labute approximate surface area is 200 Å². The molecule has 0 radical (unpaired) electrons. The standard InChI is InChI=1S/C25H21N3O3S2/c1-27-20-15-19(31-3)13-14-21(20)32-24(27)22-23(29)28(17-7-5-4-6-8-17)25(33-22)26-16-9-11-18(30-2)12-10-16/h4-15H,1-3H3. The van der Waals surface area contributed by atoms with Gasteiger partial charge in [0.1, 0.15) is 16.4 Å². The van der Waals surface area contributed by atoms with E-state index < -0.39 is 0 Å². The lowest BCUT2D eigenvalue weighted by Gasteiger charge is -2.17. The van der Waals surface area contributed by atoms with Gasteiger partial charge in [-0.05, 0) is 60.3 Å².